The number of morpholine rings is 1. The highest BCUT2D eigenvalue weighted by atomic mass is 32.1. The van der Waals surface area contributed by atoms with Crippen LogP contribution in [0.15, 0.2) is 54.6 Å². The molecule has 0 spiro atoms. The number of fused-ring (bicyclic) bond motifs is 3. The van der Waals surface area contributed by atoms with E-state index >= 15 is 0 Å². The summed E-state index contributed by atoms with van der Waals surface area (Å²) in [6.45, 7) is 3.23. The lowest BCUT2D eigenvalue weighted by Crippen LogP contribution is -2.36. The monoisotopic (exact) mass is 347 g/mol. The van der Waals surface area contributed by atoms with E-state index < -0.39 is 0 Å². The highest BCUT2D eigenvalue weighted by Gasteiger charge is 2.20. The summed E-state index contributed by atoms with van der Waals surface area (Å²) in [7, 11) is 0. The highest BCUT2D eigenvalue weighted by molar-refractivity contribution is 7.26. The largest absolute Gasteiger partial charge is 0.378 e. The van der Waals surface area contributed by atoms with Crippen LogP contribution < -0.4 is 4.90 Å². The van der Waals surface area contributed by atoms with Crippen LogP contribution in [0, 0.1) is 0 Å². The average molecular weight is 347 g/mol. The van der Waals surface area contributed by atoms with Crippen LogP contribution in [0.1, 0.15) is 0 Å². The minimum atomic E-state index is 0.747. The zero-order valence-corrected chi connectivity index (χ0v) is 14.5. The standard InChI is InChI=1S/C20H17N3OS/c1-2-6-14(7-3-1)19-21-17-15-8-4-5-9-16(15)25-18(17)20(22-19)23-10-12-24-13-11-23/h1-9H,10-13H2. The second-order valence-corrected chi connectivity index (χ2v) is 7.16. The second kappa shape index (κ2) is 6.10. The molecule has 1 aliphatic rings. The van der Waals surface area contributed by atoms with Crippen LogP contribution in [0.3, 0.4) is 0 Å². The normalized spacial score (nSPS) is 15.1. The predicted molar refractivity (Wildman–Crippen MR) is 103 cm³/mol. The summed E-state index contributed by atoms with van der Waals surface area (Å²) >= 11 is 1.78. The first-order chi connectivity index (χ1) is 12.4. The molecule has 0 aliphatic carbocycles. The van der Waals surface area contributed by atoms with E-state index in [1.54, 1.807) is 11.3 Å². The molecule has 4 nitrogen and oxygen atoms in total. The number of hydrogen-bond donors (Lipinski definition) is 0. The van der Waals surface area contributed by atoms with Gasteiger partial charge in [0.15, 0.2) is 11.6 Å². The molecule has 0 amide bonds. The highest BCUT2D eigenvalue weighted by Crippen LogP contribution is 2.39. The van der Waals surface area contributed by atoms with Crippen molar-refractivity contribution in [2.75, 3.05) is 31.2 Å². The maximum atomic E-state index is 5.53. The lowest BCUT2D eigenvalue weighted by molar-refractivity contribution is 0.122. The van der Waals surface area contributed by atoms with Gasteiger partial charge in [0.1, 0.15) is 0 Å². The van der Waals surface area contributed by atoms with E-state index in [9.17, 15) is 0 Å². The van der Waals surface area contributed by atoms with E-state index in [2.05, 4.69) is 41.3 Å². The van der Waals surface area contributed by atoms with Crippen LogP contribution in [-0.4, -0.2) is 36.3 Å². The maximum absolute atomic E-state index is 5.53. The number of ether oxygens (including phenoxy) is 1. The van der Waals surface area contributed by atoms with Crippen LogP contribution in [0.2, 0.25) is 0 Å². The molecule has 1 saturated heterocycles. The molecule has 0 saturated carbocycles. The van der Waals surface area contributed by atoms with Crippen molar-refractivity contribution in [1.82, 2.24) is 9.97 Å². The van der Waals surface area contributed by atoms with Gasteiger partial charge in [-0.1, -0.05) is 48.5 Å². The maximum Gasteiger partial charge on any atom is 0.162 e. The van der Waals surface area contributed by atoms with Crippen molar-refractivity contribution >= 4 is 37.5 Å². The number of hydrogen-bond acceptors (Lipinski definition) is 5. The number of aromatic nitrogens is 2. The molecule has 3 heterocycles. The molecule has 0 unspecified atom stereocenters. The third kappa shape index (κ3) is 2.56. The molecule has 124 valence electrons. The summed E-state index contributed by atoms with van der Waals surface area (Å²) in [5, 5.41) is 1.21. The summed E-state index contributed by atoms with van der Waals surface area (Å²) in [5.41, 5.74) is 2.10. The van der Waals surface area contributed by atoms with Gasteiger partial charge in [-0.3, -0.25) is 0 Å². The Labute approximate surface area is 149 Å². The molecule has 1 aliphatic heterocycles. The number of anilines is 1. The third-order valence-electron chi connectivity index (χ3n) is 4.54. The van der Waals surface area contributed by atoms with Gasteiger partial charge in [-0.15, -0.1) is 11.3 Å². The Balaban J connectivity index is 1.80. The number of benzene rings is 2. The number of rotatable bonds is 2. The van der Waals surface area contributed by atoms with E-state index in [1.165, 1.54) is 14.8 Å². The Morgan fingerprint density at radius 2 is 1.64 bits per heavy atom. The first-order valence-electron chi connectivity index (χ1n) is 8.47. The summed E-state index contributed by atoms with van der Waals surface area (Å²) in [4.78, 5) is 12.2. The van der Waals surface area contributed by atoms with E-state index in [0.717, 1.165) is 49.0 Å². The molecular weight excluding hydrogens is 330 g/mol. The summed E-state index contributed by atoms with van der Waals surface area (Å²) < 4.78 is 7.95. The summed E-state index contributed by atoms with van der Waals surface area (Å²) in [5.74, 6) is 1.83. The van der Waals surface area contributed by atoms with Crippen molar-refractivity contribution in [1.29, 1.82) is 0 Å². The molecule has 0 radical (unpaired) electrons. The van der Waals surface area contributed by atoms with Gasteiger partial charge in [0.2, 0.25) is 0 Å². The van der Waals surface area contributed by atoms with Gasteiger partial charge in [-0.25, -0.2) is 9.97 Å². The minimum Gasteiger partial charge on any atom is -0.378 e. The van der Waals surface area contributed by atoms with Crippen molar-refractivity contribution in [2.24, 2.45) is 0 Å². The van der Waals surface area contributed by atoms with Crippen LogP contribution >= 0.6 is 11.3 Å². The zero-order chi connectivity index (χ0) is 16.6. The molecule has 5 rings (SSSR count). The van der Waals surface area contributed by atoms with E-state index in [1.807, 2.05) is 18.2 Å². The third-order valence-corrected chi connectivity index (χ3v) is 5.70. The molecule has 1 fully saturated rings. The molecule has 2 aromatic heterocycles. The second-order valence-electron chi connectivity index (χ2n) is 6.11. The Kier molecular flexibility index (Phi) is 3.61. The van der Waals surface area contributed by atoms with Crippen LogP contribution in [0.25, 0.3) is 31.7 Å². The Bertz CT molecular complexity index is 1040. The average Bonchev–Trinajstić information content (AvgIpc) is 3.07. The first-order valence-corrected chi connectivity index (χ1v) is 9.29. The topological polar surface area (TPSA) is 38.2 Å². The quantitative estimate of drug-likeness (QED) is 0.540. The van der Waals surface area contributed by atoms with Gasteiger partial charge < -0.3 is 9.64 Å². The minimum absolute atomic E-state index is 0.747. The van der Waals surface area contributed by atoms with Gasteiger partial charge in [0, 0.05) is 28.7 Å². The first kappa shape index (κ1) is 14.8. The van der Waals surface area contributed by atoms with Crippen molar-refractivity contribution in [3.05, 3.63) is 54.6 Å². The molecule has 25 heavy (non-hydrogen) atoms. The molecule has 0 bridgehead atoms. The fraction of sp³-hybridized carbons (Fsp3) is 0.200. The number of thiophene rings is 1. The fourth-order valence-corrected chi connectivity index (χ4v) is 4.44. The van der Waals surface area contributed by atoms with Gasteiger partial charge >= 0.3 is 0 Å². The Morgan fingerprint density at radius 1 is 0.880 bits per heavy atom. The van der Waals surface area contributed by atoms with Crippen molar-refractivity contribution < 1.29 is 4.74 Å². The smallest absolute Gasteiger partial charge is 0.162 e. The summed E-state index contributed by atoms with van der Waals surface area (Å²) in [6, 6.07) is 18.7. The lowest BCUT2D eigenvalue weighted by Gasteiger charge is -2.28. The molecular formula is C20H17N3OS. The SMILES string of the molecule is c1ccc(-c2nc(N3CCOCC3)c3sc4ccccc4c3n2)cc1. The van der Waals surface area contributed by atoms with Crippen LogP contribution in [0.4, 0.5) is 5.82 Å². The van der Waals surface area contributed by atoms with E-state index in [4.69, 9.17) is 14.7 Å². The van der Waals surface area contributed by atoms with Crippen molar-refractivity contribution in [2.45, 2.75) is 0 Å². The van der Waals surface area contributed by atoms with Gasteiger partial charge in [0.25, 0.3) is 0 Å². The van der Waals surface area contributed by atoms with Crippen LogP contribution in [0.5, 0.6) is 0 Å². The Morgan fingerprint density at radius 3 is 2.48 bits per heavy atom. The fourth-order valence-electron chi connectivity index (χ4n) is 3.28. The lowest BCUT2D eigenvalue weighted by atomic mass is 10.2. The summed E-state index contributed by atoms with van der Waals surface area (Å²) in [6.07, 6.45) is 0. The van der Waals surface area contributed by atoms with Crippen molar-refractivity contribution in [3.63, 3.8) is 0 Å². The molecule has 0 N–H and O–H groups in total. The molecule has 2 aromatic carbocycles. The molecule has 5 heteroatoms. The molecule has 0 atom stereocenters. The van der Waals surface area contributed by atoms with Gasteiger partial charge in [-0.2, -0.15) is 0 Å². The van der Waals surface area contributed by atoms with E-state index in [0.29, 0.717) is 0 Å². The van der Waals surface area contributed by atoms with Crippen LogP contribution in [-0.2, 0) is 4.74 Å². The van der Waals surface area contributed by atoms with Gasteiger partial charge in [-0.05, 0) is 6.07 Å². The molecule has 4 aromatic rings. The van der Waals surface area contributed by atoms with Gasteiger partial charge in [0.05, 0.1) is 23.4 Å². The van der Waals surface area contributed by atoms with Crippen molar-refractivity contribution in [3.8, 4) is 11.4 Å². The zero-order valence-electron chi connectivity index (χ0n) is 13.7. The number of nitrogens with zero attached hydrogens (tertiary/aromatic N) is 3. The van der Waals surface area contributed by atoms with E-state index in [-0.39, 0.29) is 0 Å². The Hall–Kier alpha value is -2.50. The predicted octanol–water partition coefficient (Wildman–Crippen LogP) is 4.35.